The minimum atomic E-state index is 1.00. The van der Waals surface area contributed by atoms with Gasteiger partial charge in [-0.15, -0.1) is 0 Å². The summed E-state index contributed by atoms with van der Waals surface area (Å²) in [4.78, 5) is 0. The van der Waals surface area contributed by atoms with Crippen LogP contribution in [0.3, 0.4) is 0 Å². The van der Waals surface area contributed by atoms with Gasteiger partial charge in [0.2, 0.25) is 0 Å². The molecule has 0 aromatic heterocycles. The molecule has 20 heavy (non-hydrogen) atoms. The maximum absolute atomic E-state index is 4.01. The van der Waals surface area contributed by atoms with E-state index in [-0.39, 0.29) is 0 Å². The Labute approximate surface area is 130 Å². The van der Waals surface area contributed by atoms with Crippen molar-refractivity contribution in [3.63, 3.8) is 0 Å². The van der Waals surface area contributed by atoms with Gasteiger partial charge < -0.3 is 0 Å². The van der Waals surface area contributed by atoms with Crippen molar-refractivity contribution < 1.29 is 0 Å². The smallest absolute Gasteiger partial charge is 0.0414 e. The molecule has 1 radical (unpaired) electrons. The van der Waals surface area contributed by atoms with Crippen molar-refractivity contribution in [1.29, 1.82) is 0 Å². The summed E-state index contributed by atoms with van der Waals surface area (Å²) in [6.07, 6.45) is 22.7. The first kappa shape index (κ1) is 20.0. The fraction of sp³-hybridized carbons (Fsp3) is 0.950. The van der Waals surface area contributed by atoms with Crippen LogP contribution in [0.1, 0.15) is 117 Å². The first-order valence-electron chi connectivity index (χ1n) is 9.64. The Kier molecular flexibility index (Phi) is 17.1. The Morgan fingerprint density at radius 3 is 1.45 bits per heavy atom. The standard InChI is InChI=1S/C20H41/c1-4-7-10-12-13-14-16-19-20(17-9-6-3)18-15-11-8-5-2/h20H,3-19H2,1-2H3. The molecule has 0 heteroatoms. The molecule has 0 aliphatic carbocycles. The number of hydrogen-bond donors (Lipinski definition) is 0. The molecule has 0 amide bonds. The molecular weight excluding hydrogens is 240 g/mol. The zero-order valence-corrected chi connectivity index (χ0v) is 14.6. The second kappa shape index (κ2) is 17.1. The fourth-order valence-corrected chi connectivity index (χ4v) is 3.12. The van der Waals surface area contributed by atoms with E-state index < -0.39 is 0 Å². The third-order valence-electron chi connectivity index (χ3n) is 4.54. The molecule has 0 saturated carbocycles. The Hall–Kier alpha value is 0. The molecule has 0 saturated heterocycles. The molecule has 0 aliphatic heterocycles. The highest BCUT2D eigenvalue weighted by Crippen LogP contribution is 2.23. The first-order chi connectivity index (χ1) is 9.85. The average molecular weight is 282 g/mol. The minimum absolute atomic E-state index is 1.00. The van der Waals surface area contributed by atoms with Gasteiger partial charge in [0, 0.05) is 0 Å². The minimum Gasteiger partial charge on any atom is -0.0654 e. The van der Waals surface area contributed by atoms with Crippen LogP contribution in [0.2, 0.25) is 0 Å². The van der Waals surface area contributed by atoms with Crippen LogP contribution < -0.4 is 0 Å². The summed E-state index contributed by atoms with van der Waals surface area (Å²) in [6, 6.07) is 0. The average Bonchev–Trinajstić information content (AvgIpc) is 2.47. The van der Waals surface area contributed by atoms with E-state index in [0.29, 0.717) is 0 Å². The topological polar surface area (TPSA) is 0 Å². The highest BCUT2D eigenvalue weighted by atomic mass is 14.1. The predicted octanol–water partition coefficient (Wildman–Crippen LogP) is 7.72. The zero-order valence-electron chi connectivity index (χ0n) is 14.6. The molecule has 0 aromatic carbocycles. The van der Waals surface area contributed by atoms with Crippen molar-refractivity contribution in [3.8, 4) is 0 Å². The van der Waals surface area contributed by atoms with E-state index in [1.54, 1.807) is 0 Å². The lowest BCUT2D eigenvalue weighted by Gasteiger charge is -2.16. The van der Waals surface area contributed by atoms with Gasteiger partial charge in [-0.25, -0.2) is 0 Å². The van der Waals surface area contributed by atoms with Crippen LogP contribution in [0, 0.1) is 12.8 Å². The molecule has 0 spiro atoms. The molecule has 1 unspecified atom stereocenters. The molecular formula is C20H41. The van der Waals surface area contributed by atoms with Crippen LogP contribution in [0.4, 0.5) is 0 Å². The fourth-order valence-electron chi connectivity index (χ4n) is 3.12. The molecule has 0 bridgehead atoms. The number of hydrogen-bond acceptors (Lipinski definition) is 0. The van der Waals surface area contributed by atoms with Crippen molar-refractivity contribution in [2.45, 2.75) is 117 Å². The second-order valence-electron chi connectivity index (χ2n) is 6.62. The first-order valence-corrected chi connectivity index (χ1v) is 9.64. The molecule has 0 rings (SSSR count). The van der Waals surface area contributed by atoms with Gasteiger partial charge in [0.05, 0.1) is 0 Å². The van der Waals surface area contributed by atoms with E-state index in [1.165, 1.54) is 96.3 Å². The molecule has 0 aliphatic rings. The lowest BCUT2D eigenvalue weighted by molar-refractivity contribution is 0.374. The Balaban J connectivity index is 3.53. The van der Waals surface area contributed by atoms with Gasteiger partial charge in [0.15, 0.2) is 0 Å². The summed E-state index contributed by atoms with van der Waals surface area (Å²) >= 11 is 0. The Bertz CT molecular complexity index is 161. The zero-order chi connectivity index (χ0) is 14.9. The van der Waals surface area contributed by atoms with E-state index in [1.807, 2.05) is 0 Å². The van der Waals surface area contributed by atoms with Gasteiger partial charge in [0.25, 0.3) is 0 Å². The molecule has 0 aromatic rings. The van der Waals surface area contributed by atoms with E-state index in [2.05, 4.69) is 20.8 Å². The van der Waals surface area contributed by atoms with Crippen LogP contribution in [-0.2, 0) is 0 Å². The molecule has 0 heterocycles. The van der Waals surface area contributed by atoms with Gasteiger partial charge in [-0.1, -0.05) is 124 Å². The Morgan fingerprint density at radius 2 is 0.950 bits per heavy atom. The second-order valence-corrected chi connectivity index (χ2v) is 6.62. The summed E-state index contributed by atoms with van der Waals surface area (Å²) in [6.45, 7) is 8.61. The molecule has 121 valence electrons. The Morgan fingerprint density at radius 1 is 0.550 bits per heavy atom. The van der Waals surface area contributed by atoms with Crippen LogP contribution in [0.15, 0.2) is 0 Å². The number of unbranched alkanes of at least 4 members (excludes halogenated alkanes) is 10. The predicted molar refractivity (Wildman–Crippen MR) is 94.1 cm³/mol. The maximum atomic E-state index is 4.01. The summed E-state index contributed by atoms with van der Waals surface area (Å²) in [5.74, 6) is 1.00. The van der Waals surface area contributed by atoms with E-state index in [4.69, 9.17) is 0 Å². The largest absolute Gasteiger partial charge is 0.0654 e. The van der Waals surface area contributed by atoms with Crippen molar-refractivity contribution in [2.75, 3.05) is 0 Å². The quantitative estimate of drug-likeness (QED) is 0.254. The van der Waals surface area contributed by atoms with Crippen molar-refractivity contribution in [1.82, 2.24) is 0 Å². The van der Waals surface area contributed by atoms with Crippen molar-refractivity contribution in [2.24, 2.45) is 5.92 Å². The van der Waals surface area contributed by atoms with Gasteiger partial charge >= 0.3 is 0 Å². The SMILES string of the molecule is [CH2]CCCC(CCCCCC)CCCCCCCCC. The van der Waals surface area contributed by atoms with E-state index >= 15 is 0 Å². The van der Waals surface area contributed by atoms with Crippen LogP contribution in [-0.4, -0.2) is 0 Å². The normalized spacial score (nSPS) is 12.8. The molecule has 1 atom stereocenters. The van der Waals surface area contributed by atoms with Crippen LogP contribution in [0.5, 0.6) is 0 Å². The summed E-state index contributed by atoms with van der Waals surface area (Å²) in [5, 5.41) is 0. The van der Waals surface area contributed by atoms with Crippen LogP contribution in [0.25, 0.3) is 0 Å². The van der Waals surface area contributed by atoms with Gasteiger partial charge in [-0.3, -0.25) is 0 Å². The summed E-state index contributed by atoms with van der Waals surface area (Å²) in [7, 11) is 0. The van der Waals surface area contributed by atoms with Crippen molar-refractivity contribution in [3.05, 3.63) is 6.92 Å². The molecule has 0 N–H and O–H groups in total. The lowest BCUT2D eigenvalue weighted by atomic mass is 9.90. The third kappa shape index (κ3) is 14.4. The maximum Gasteiger partial charge on any atom is -0.0414 e. The van der Waals surface area contributed by atoms with E-state index in [9.17, 15) is 0 Å². The summed E-state index contributed by atoms with van der Waals surface area (Å²) in [5.41, 5.74) is 0. The lowest BCUT2D eigenvalue weighted by Crippen LogP contribution is -2.01. The van der Waals surface area contributed by atoms with Gasteiger partial charge in [-0.05, 0) is 5.92 Å². The molecule has 0 fully saturated rings. The van der Waals surface area contributed by atoms with Crippen molar-refractivity contribution >= 4 is 0 Å². The van der Waals surface area contributed by atoms with Crippen LogP contribution >= 0.6 is 0 Å². The summed E-state index contributed by atoms with van der Waals surface area (Å²) < 4.78 is 0. The van der Waals surface area contributed by atoms with Gasteiger partial charge in [-0.2, -0.15) is 0 Å². The highest BCUT2D eigenvalue weighted by Gasteiger charge is 2.07. The molecule has 0 nitrogen and oxygen atoms in total. The highest BCUT2D eigenvalue weighted by molar-refractivity contribution is 4.62. The monoisotopic (exact) mass is 281 g/mol. The van der Waals surface area contributed by atoms with E-state index in [0.717, 1.165) is 12.3 Å². The third-order valence-corrected chi connectivity index (χ3v) is 4.54. The number of rotatable bonds is 16. The van der Waals surface area contributed by atoms with Gasteiger partial charge in [0.1, 0.15) is 0 Å².